The van der Waals surface area contributed by atoms with Crippen LogP contribution in [0.25, 0.3) is 0 Å². The van der Waals surface area contributed by atoms with Gasteiger partial charge in [-0.15, -0.1) is 0 Å². The zero-order valence-electron chi connectivity index (χ0n) is 11.9. The van der Waals surface area contributed by atoms with E-state index in [1.165, 1.54) is 32.1 Å². The van der Waals surface area contributed by atoms with Crippen LogP contribution in [0, 0.1) is 5.92 Å². The summed E-state index contributed by atoms with van der Waals surface area (Å²) in [5, 5.41) is 10.6. The number of rotatable bonds is 4. The molecule has 2 rings (SSSR count). The first kappa shape index (κ1) is 14.7. The van der Waals surface area contributed by atoms with E-state index in [0.717, 1.165) is 18.0 Å². The molecule has 1 aliphatic carbocycles. The third-order valence-corrected chi connectivity index (χ3v) is 4.87. The van der Waals surface area contributed by atoms with E-state index in [0.29, 0.717) is 16.8 Å². The zero-order chi connectivity index (χ0) is 13.8. The lowest BCUT2D eigenvalue weighted by Gasteiger charge is -2.34. The second-order valence-electron chi connectivity index (χ2n) is 5.74. The number of halogens is 1. The van der Waals surface area contributed by atoms with Crippen molar-refractivity contribution < 1.29 is 5.11 Å². The van der Waals surface area contributed by atoms with Gasteiger partial charge in [-0.2, -0.15) is 0 Å². The van der Waals surface area contributed by atoms with Crippen LogP contribution >= 0.6 is 11.6 Å². The van der Waals surface area contributed by atoms with Crippen LogP contribution in [0.1, 0.15) is 44.6 Å². The molecule has 0 unspecified atom stereocenters. The Morgan fingerprint density at radius 1 is 1.26 bits per heavy atom. The number of hydrogen-bond acceptors (Lipinski definition) is 2. The monoisotopic (exact) mass is 281 g/mol. The Morgan fingerprint density at radius 3 is 2.53 bits per heavy atom. The van der Waals surface area contributed by atoms with Gasteiger partial charge in [0.25, 0.3) is 0 Å². The summed E-state index contributed by atoms with van der Waals surface area (Å²) in [7, 11) is 2.14. The molecule has 3 heteroatoms. The summed E-state index contributed by atoms with van der Waals surface area (Å²) in [5.74, 6) is 1.22. The van der Waals surface area contributed by atoms with Crippen molar-refractivity contribution in [3.63, 3.8) is 0 Å². The van der Waals surface area contributed by atoms with E-state index in [9.17, 15) is 5.11 Å². The van der Waals surface area contributed by atoms with E-state index in [4.69, 9.17) is 11.6 Å². The first-order valence-electron chi connectivity index (χ1n) is 7.28. The maximum Gasteiger partial charge on any atom is 0.121 e. The minimum atomic E-state index is 0.307. The summed E-state index contributed by atoms with van der Waals surface area (Å²) in [6.07, 6.45) is 6.50. The van der Waals surface area contributed by atoms with Crippen LogP contribution < -0.4 is 0 Å². The molecule has 2 nitrogen and oxygen atoms in total. The molecule has 0 aliphatic heterocycles. The van der Waals surface area contributed by atoms with Crippen molar-refractivity contribution in [3.05, 3.63) is 28.8 Å². The molecule has 0 saturated heterocycles. The number of benzene rings is 1. The summed E-state index contributed by atoms with van der Waals surface area (Å²) in [6, 6.07) is 5.97. The average Bonchev–Trinajstić information content (AvgIpc) is 2.43. The molecule has 1 aromatic rings. The molecule has 19 heavy (non-hydrogen) atoms. The van der Waals surface area contributed by atoms with Gasteiger partial charge in [-0.05, 0) is 50.8 Å². The summed E-state index contributed by atoms with van der Waals surface area (Å²) >= 11 is 6.17. The lowest BCUT2D eigenvalue weighted by molar-refractivity contribution is 0.156. The SMILES string of the molecule is CCC1CCC(N(C)Cc2c(O)cccc2Cl)CC1. The van der Waals surface area contributed by atoms with E-state index < -0.39 is 0 Å². The molecule has 1 saturated carbocycles. The fraction of sp³-hybridized carbons (Fsp3) is 0.625. The summed E-state index contributed by atoms with van der Waals surface area (Å²) < 4.78 is 0. The average molecular weight is 282 g/mol. The van der Waals surface area contributed by atoms with Crippen molar-refractivity contribution in [1.29, 1.82) is 0 Å². The van der Waals surface area contributed by atoms with Gasteiger partial charge in [0, 0.05) is 23.2 Å². The molecule has 1 aromatic carbocycles. The van der Waals surface area contributed by atoms with Gasteiger partial charge < -0.3 is 5.11 Å². The van der Waals surface area contributed by atoms with Gasteiger partial charge in [0.05, 0.1) is 0 Å². The van der Waals surface area contributed by atoms with Crippen LogP contribution in [0.4, 0.5) is 0 Å². The van der Waals surface area contributed by atoms with Gasteiger partial charge in [0.15, 0.2) is 0 Å². The number of aromatic hydroxyl groups is 1. The van der Waals surface area contributed by atoms with Crippen molar-refractivity contribution in [3.8, 4) is 5.75 Å². The topological polar surface area (TPSA) is 23.5 Å². The molecule has 106 valence electrons. The molecule has 0 amide bonds. The standard InChI is InChI=1S/C16H24ClNO/c1-3-12-7-9-13(10-8-12)18(2)11-14-15(17)5-4-6-16(14)19/h4-6,12-13,19H,3,7-11H2,1-2H3. The van der Waals surface area contributed by atoms with Crippen LogP contribution in [0.15, 0.2) is 18.2 Å². The zero-order valence-corrected chi connectivity index (χ0v) is 12.7. The Labute approximate surface area is 121 Å². The molecule has 0 aromatic heterocycles. The highest BCUT2D eigenvalue weighted by atomic mass is 35.5. The van der Waals surface area contributed by atoms with Crippen molar-refractivity contribution >= 4 is 11.6 Å². The Kier molecular flexibility index (Phi) is 5.12. The molecule has 0 heterocycles. The third-order valence-electron chi connectivity index (χ3n) is 4.52. The molecule has 0 bridgehead atoms. The van der Waals surface area contributed by atoms with E-state index >= 15 is 0 Å². The Morgan fingerprint density at radius 2 is 1.95 bits per heavy atom. The molecule has 1 aliphatic rings. The highest BCUT2D eigenvalue weighted by Gasteiger charge is 2.23. The Hall–Kier alpha value is -0.730. The molecular formula is C16H24ClNO. The summed E-state index contributed by atoms with van der Waals surface area (Å²) in [4.78, 5) is 2.34. The molecule has 0 radical (unpaired) electrons. The molecule has 0 atom stereocenters. The quantitative estimate of drug-likeness (QED) is 0.881. The van der Waals surface area contributed by atoms with Gasteiger partial charge in [0.1, 0.15) is 5.75 Å². The maximum atomic E-state index is 9.91. The predicted octanol–water partition coefficient (Wildman–Crippen LogP) is 4.45. The largest absolute Gasteiger partial charge is 0.508 e. The smallest absolute Gasteiger partial charge is 0.121 e. The summed E-state index contributed by atoms with van der Waals surface area (Å²) in [6.45, 7) is 3.02. The molecular weight excluding hydrogens is 258 g/mol. The number of nitrogens with zero attached hydrogens (tertiary/aromatic N) is 1. The first-order valence-corrected chi connectivity index (χ1v) is 7.66. The molecule has 1 N–H and O–H groups in total. The highest BCUT2D eigenvalue weighted by Crippen LogP contribution is 2.32. The minimum absolute atomic E-state index is 0.307. The van der Waals surface area contributed by atoms with E-state index in [2.05, 4.69) is 18.9 Å². The fourth-order valence-electron chi connectivity index (χ4n) is 3.08. The Bertz CT molecular complexity index is 393. The number of phenols is 1. The van der Waals surface area contributed by atoms with E-state index in [-0.39, 0.29) is 0 Å². The van der Waals surface area contributed by atoms with Crippen LogP contribution in [-0.2, 0) is 6.54 Å². The minimum Gasteiger partial charge on any atom is -0.508 e. The van der Waals surface area contributed by atoms with Crippen LogP contribution in [0.3, 0.4) is 0 Å². The van der Waals surface area contributed by atoms with Gasteiger partial charge >= 0.3 is 0 Å². The molecule has 0 spiro atoms. The van der Waals surface area contributed by atoms with Crippen molar-refractivity contribution in [2.75, 3.05) is 7.05 Å². The van der Waals surface area contributed by atoms with E-state index in [1.54, 1.807) is 12.1 Å². The predicted molar refractivity (Wildman–Crippen MR) is 80.6 cm³/mol. The van der Waals surface area contributed by atoms with Gasteiger partial charge in [-0.1, -0.05) is 31.0 Å². The third kappa shape index (κ3) is 3.64. The second kappa shape index (κ2) is 6.62. The normalized spacial score (nSPS) is 23.8. The van der Waals surface area contributed by atoms with Crippen LogP contribution in [0.2, 0.25) is 5.02 Å². The summed E-state index contributed by atoms with van der Waals surface area (Å²) in [5.41, 5.74) is 0.851. The van der Waals surface area contributed by atoms with Gasteiger partial charge in [-0.3, -0.25) is 4.90 Å². The van der Waals surface area contributed by atoms with Gasteiger partial charge in [-0.25, -0.2) is 0 Å². The second-order valence-corrected chi connectivity index (χ2v) is 6.14. The van der Waals surface area contributed by atoms with Crippen LogP contribution in [-0.4, -0.2) is 23.1 Å². The number of phenolic OH excluding ortho intramolecular Hbond substituents is 1. The van der Waals surface area contributed by atoms with Crippen molar-refractivity contribution in [2.45, 2.75) is 51.6 Å². The first-order chi connectivity index (χ1) is 9.11. The molecule has 1 fully saturated rings. The van der Waals surface area contributed by atoms with Crippen LogP contribution in [0.5, 0.6) is 5.75 Å². The van der Waals surface area contributed by atoms with Crippen molar-refractivity contribution in [2.24, 2.45) is 5.92 Å². The highest BCUT2D eigenvalue weighted by molar-refractivity contribution is 6.31. The Balaban J connectivity index is 1.96. The lowest BCUT2D eigenvalue weighted by Crippen LogP contribution is -2.34. The lowest BCUT2D eigenvalue weighted by atomic mass is 9.84. The van der Waals surface area contributed by atoms with Gasteiger partial charge in [0.2, 0.25) is 0 Å². The fourth-order valence-corrected chi connectivity index (χ4v) is 3.31. The van der Waals surface area contributed by atoms with E-state index in [1.807, 2.05) is 6.07 Å². The maximum absolute atomic E-state index is 9.91. The number of hydrogen-bond donors (Lipinski definition) is 1. The van der Waals surface area contributed by atoms with Crippen molar-refractivity contribution in [1.82, 2.24) is 4.90 Å².